The number of phosphoric acid groups is 2. The fraction of sp³-hybridized carbons (Fsp3) is 0.643. The summed E-state index contributed by atoms with van der Waals surface area (Å²) in [6, 6.07) is 0. The van der Waals surface area contributed by atoms with Crippen molar-refractivity contribution < 1.29 is 99.6 Å². The summed E-state index contributed by atoms with van der Waals surface area (Å²) in [4.78, 5) is 102. The number of ether oxygens (including phenoxy) is 7. The number of hydrogen-bond acceptors (Lipinski definition) is 22. The van der Waals surface area contributed by atoms with Crippen LogP contribution >= 0.6 is 15.6 Å². The van der Waals surface area contributed by atoms with Crippen molar-refractivity contribution in [3.8, 4) is 0 Å². The van der Waals surface area contributed by atoms with E-state index in [0.29, 0.717) is 0 Å². The van der Waals surface area contributed by atoms with E-state index < -0.39 is 126 Å². The van der Waals surface area contributed by atoms with Crippen molar-refractivity contribution in [1.29, 1.82) is 0 Å². The number of carbonyl (C=O) groups excluding carboxylic acids is 5. The van der Waals surface area contributed by atoms with Crippen molar-refractivity contribution in [2.75, 3.05) is 19.8 Å². The first-order valence-electron chi connectivity index (χ1n) is 16.1. The smallest absolute Gasteiger partial charge is 0.462 e. The van der Waals surface area contributed by atoms with Gasteiger partial charge in [-0.15, -0.1) is 0 Å². The van der Waals surface area contributed by atoms with Crippen molar-refractivity contribution in [3.63, 3.8) is 0 Å². The number of rotatable bonds is 20. The third-order valence-electron chi connectivity index (χ3n) is 7.13. The van der Waals surface area contributed by atoms with E-state index in [-0.39, 0.29) is 11.2 Å². The SMILES string of the molecule is CC(=O)OC[C@@H](OC(C)=O)C(OC([C@H](C)OC(C)=O)[C@@H](COC(C)=O)OC(C)=O)OP(=O)(O)OP(=O)(O)OCC1OC(n2cnc3c(=O)[nH]cnc32)C(O)C1O. The van der Waals surface area contributed by atoms with Crippen molar-refractivity contribution in [2.45, 2.75) is 96.8 Å². The molecular weight excluding hydrogens is 806 g/mol. The summed E-state index contributed by atoms with van der Waals surface area (Å²) < 4.78 is 77.8. The van der Waals surface area contributed by atoms with Gasteiger partial charge in [0.1, 0.15) is 43.7 Å². The molecule has 8 unspecified atom stereocenters. The topological polar surface area (TPSA) is 356 Å². The van der Waals surface area contributed by atoms with E-state index >= 15 is 0 Å². The molecule has 314 valence electrons. The Balaban J connectivity index is 1.88. The van der Waals surface area contributed by atoms with Gasteiger partial charge < -0.3 is 58.1 Å². The third kappa shape index (κ3) is 13.5. The van der Waals surface area contributed by atoms with Crippen molar-refractivity contribution in [2.24, 2.45) is 0 Å². The predicted octanol–water partition coefficient (Wildman–Crippen LogP) is -1.36. The summed E-state index contributed by atoms with van der Waals surface area (Å²) in [7, 11) is -11.7. The molecule has 28 heteroatoms. The number of aromatic nitrogens is 4. The number of aliphatic hydroxyl groups excluding tert-OH is 2. The van der Waals surface area contributed by atoms with Gasteiger partial charge in [-0.05, 0) is 6.92 Å². The van der Waals surface area contributed by atoms with E-state index in [0.717, 1.165) is 51.8 Å². The van der Waals surface area contributed by atoms with Gasteiger partial charge in [0, 0.05) is 34.6 Å². The van der Waals surface area contributed by atoms with Gasteiger partial charge in [-0.2, -0.15) is 4.31 Å². The van der Waals surface area contributed by atoms with Crippen LogP contribution in [0, 0.1) is 0 Å². The summed E-state index contributed by atoms with van der Waals surface area (Å²) in [5, 5.41) is 21.2. The molecule has 0 radical (unpaired) electrons. The fourth-order valence-electron chi connectivity index (χ4n) is 4.97. The average Bonchev–Trinajstić information content (AvgIpc) is 3.61. The van der Waals surface area contributed by atoms with Crippen LogP contribution in [0.2, 0.25) is 0 Å². The lowest BCUT2D eigenvalue weighted by atomic mass is 10.1. The lowest BCUT2D eigenvalue weighted by Gasteiger charge is -2.35. The highest BCUT2D eigenvalue weighted by atomic mass is 31.3. The number of esters is 5. The highest BCUT2D eigenvalue weighted by Crippen LogP contribution is 2.61. The first-order chi connectivity index (χ1) is 26.0. The van der Waals surface area contributed by atoms with Gasteiger partial charge in [-0.1, -0.05) is 0 Å². The zero-order valence-electron chi connectivity index (χ0n) is 30.3. The number of H-pyrrole nitrogens is 1. The van der Waals surface area contributed by atoms with Gasteiger partial charge >= 0.3 is 45.5 Å². The molecule has 1 fully saturated rings. The van der Waals surface area contributed by atoms with Crippen LogP contribution in [0.4, 0.5) is 0 Å². The van der Waals surface area contributed by atoms with E-state index in [1.807, 2.05) is 0 Å². The number of fused-ring (bicyclic) bond motifs is 1. The second-order valence-corrected chi connectivity index (χ2v) is 14.7. The van der Waals surface area contributed by atoms with Gasteiger partial charge in [0.05, 0.1) is 19.3 Å². The van der Waals surface area contributed by atoms with E-state index in [4.69, 9.17) is 42.2 Å². The van der Waals surface area contributed by atoms with Gasteiger partial charge in [-0.25, -0.2) is 19.1 Å². The first-order valence-corrected chi connectivity index (χ1v) is 19.0. The van der Waals surface area contributed by atoms with Crippen molar-refractivity contribution in [1.82, 2.24) is 19.5 Å². The highest BCUT2D eigenvalue weighted by molar-refractivity contribution is 7.61. The van der Waals surface area contributed by atoms with Crippen LogP contribution in [-0.2, 0) is 79.6 Å². The molecule has 3 rings (SSSR count). The summed E-state index contributed by atoms with van der Waals surface area (Å²) >= 11 is 0. The van der Waals surface area contributed by atoms with E-state index in [1.54, 1.807) is 0 Å². The molecule has 0 bridgehead atoms. The zero-order valence-corrected chi connectivity index (χ0v) is 32.1. The normalized spacial score (nSPS) is 23.0. The minimum absolute atomic E-state index is 0.0614. The Bertz CT molecular complexity index is 1890. The maximum atomic E-state index is 13.3. The van der Waals surface area contributed by atoms with Crippen LogP contribution in [-0.4, -0.2) is 138 Å². The summed E-state index contributed by atoms with van der Waals surface area (Å²) in [6.07, 6.45) is -14.1. The molecule has 0 aromatic carbocycles. The van der Waals surface area contributed by atoms with Gasteiger partial charge in [0.15, 0.2) is 29.6 Å². The zero-order chi connectivity index (χ0) is 42.1. The van der Waals surface area contributed by atoms with Crippen LogP contribution < -0.4 is 5.56 Å². The third-order valence-corrected chi connectivity index (χ3v) is 9.73. The maximum absolute atomic E-state index is 13.3. The van der Waals surface area contributed by atoms with E-state index in [9.17, 15) is 57.9 Å². The summed E-state index contributed by atoms with van der Waals surface area (Å²) in [5.74, 6) is -4.88. The number of phosphoric ester groups is 2. The Hall–Kier alpha value is -4.20. The Morgan fingerprint density at radius 3 is 2.00 bits per heavy atom. The summed E-state index contributed by atoms with van der Waals surface area (Å²) in [6.45, 7) is 3.04. The number of carbonyl (C=O) groups is 5. The summed E-state index contributed by atoms with van der Waals surface area (Å²) in [5.41, 5.74) is -0.836. The predicted molar refractivity (Wildman–Crippen MR) is 176 cm³/mol. The Labute approximate surface area is 315 Å². The maximum Gasteiger partial charge on any atom is 0.483 e. The van der Waals surface area contributed by atoms with Gasteiger partial charge in [0.25, 0.3) is 5.56 Å². The largest absolute Gasteiger partial charge is 0.483 e. The monoisotopic (exact) mass is 846 g/mol. The van der Waals surface area contributed by atoms with Gasteiger partial charge in [0.2, 0.25) is 6.29 Å². The Morgan fingerprint density at radius 1 is 0.857 bits per heavy atom. The molecule has 0 amide bonds. The molecule has 0 spiro atoms. The molecule has 2 aromatic heterocycles. The second kappa shape index (κ2) is 19.8. The molecule has 1 aliphatic rings. The number of hydrogen-bond donors (Lipinski definition) is 5. The quantitative estimate of drug-likeness (QED) is 0.0445. The number of imidazole rings is 1. The molecule has 26 nitrogen and oxygen atoms in total. The molecule has 1 saturated heterocycles. The molecule has 3 heterocycles. The molecule has 0 saturated carbocycles. The molecule has 1 aliphatic heterocycles. The lowest BCUT2D eigenvalue weighted by Crippen LogP contribution is -2.50. The highest BCUT2D eigenvalue weighted by Gasteiger charge is 2.48. The van der Waals surface area contributed by atoms with Crippen LogP contribution in [0.25, 0.3) is 11.2 Å². The first kappa shape index (κ1) is 46.2. The average molecular weight is 847 g/mol. The minimum Gasteiger partial charge on any atom is -0.462 e. The molecular formula is C28H40N4O22P2. The van der Waals surface area contributed by atoms with E-state index in [2.05, 4.69) is 19.3 Å². The lowest BCUT2D eigenvalue weighted by molar-refractivity contribution is -0.242. The van der Waals surface area contributed by atoms with Crippen LogP contribution in [0.1, 0.15) is 47.8 Å². The van der Waals surface area contributed by atoms with Crippen LogP contribution in [0.3, 0.4) is 0 Å². The van der Waals surface area contributed by atoms with Crippen LogP contribution in [0.15, 0.2) is 17.4 Å². The number of aliphatic hydroxyl groups is 2. The molecule has 56 heavy (non-hydrogen) atoms. The van der Waals surface area contributed by atoms with Gasteiger partial charge in [-0.3, -0.25) is 42.4 Å². The second-order valence-electron chi connectivity index (χ2n) is 11.7. The minimum atomic E-state index is -5.99. The fourth-order valence-corrected chi connectivity index (χ4v) is 7.14. The van der Waals surface area contributed by atoms with Crippen molar-refractivity contribution >= 4 is 56.7 Å². The number of aromatic amines is 1. The Morgan fingerprint density at radius 2 is 1.43 bits per heavy atom. The standard InChI is InChI=1S/C28H40N4O22P2/c1-12(48-15(4)35)24(19(49-16(5)36)7-45-13(2)33)52-28(20(50-17(6)37)8-46-14(3)34)53-56(43,44)54-55(41,42)47-9-18-22(38)23(39)27(51-18)32-11-31-21-25(32)29-10-30-26(21)40/h10-12,18-20,22-24,27-28,38-39H,7-9H2,1-6H3,(H,41,42)(H,43,44)(H,29,30,40)/t12-,18?,19+,20+,22?,23?,24?,27?,28?/m0/s1. The Kier molecular flexibility index (Phi) is 16.3. The number of nitrogens with zero attached hydrogens (tertiary/aromatic N) is 3. The number of nitrogens with one attached hydrogen (secondary N) is 1. The molecule has 0 aliphatic carbocycles. The molecule has 11 atom stereocenters. The molecule has 2 aromatic rings. The van der Waals surface area contributed by atoms with Crippen molar-refractivity contribution in [3.05, 3.63) is 23.0 Å². The van der Waals surface area contributed by atoms with Crippen LogP contribution in [0.5, 0.6) is 0 Å². The van der Waals surface area contributed by atoms with E-state index in [1.165, 1.54) is 6.92 Å². The molecule has 5 N–H and O–H groups in total.